The van der Waals surface area contributed by atoms with E-state index >= 15 is 0 Å². The summed E-state index contributed by atoms with van der Waals surface area (Å²) >= 11 is 0. The van der Waals surface area contributed by atoms with Gasteiger partial charge in [0.15, 0.2) is 0 Å². The Morgan fingerprint density at radius 1 is 1.75 bits per heavy atom. The largest absolute Gasteiger partial charge is 0.542 e. The first-order valence-corrected chi connectivity index (χ1v) is 0.704. The third kappa shape index (κ3) is 37.5. The van der Waals surface area contributed by atoms with Crippen molar-refractivity contribution in [2.24, 2.45) is 0 Å². The zero-order valence-electron chi connectivity index (χ0n) is 2.29. The first-order chi connectivity index (χ1) is 1.41. The van der Waals surface area contributed by atoms with Gasteiger partial charge in [0.25, 0.3) is 0 Å². The third-order valence-corrected chi connectivity index (χ3v) is 0. The topological polar surface area (TPSA) is 17.1 Å². The number of hydrogen-bond acceptors (Lipinski definition) is 1. The van der Waals surface area contributed by atoms with E-state index in [0.29, 0.717) is 0 Å². The summed E-state index contributed by atoms with van der Waals surface area (Å²) in [4.78, 5) is 8.68. The van der Waals surface area contributed by atoms with E-state index in [0.717, 1.165) is 0 Å². The molecule has 0 N–H and O–H groups in total. The van der Waals surface area contributed by atoms with Crippen molar-refractivity contribution in [2.45, 2.75) is 6.92 Å². The predicted octanol–water partition coefficient (Wildman–Crippen LogP) is 0.113. The summed E-state index contributed by atoms with van der Waals surface area (Å²) < 4.78 is 0. The average Bonchev–Trinajstić information content (AvgIpc) is 0.918. The zero-order valence-corrected chi connectivity index (χ0v) is 5.00. The standard InChI is InChI=1S/C2H3O.Re/c1-2-3;/h1H3;/q-1;. The molecule has 0 spiro atoms. The molecule has 0 amide bonds. The maximum atomic E-state index is 8.68. The number of rotatable bonds is 0. The molecule has 0 aromatic heterocycles. The van der Waals surface area contributed by atoms with E-state index in [1.165, 1.54) is 13.2 Å². The van der Waals surface area contributed by atoms with Crippen LogP contribution in [0.1, 0.15) is 6.92 Å². The second kappa shape index (κ2) is 10.2. The molecule has 0 aromatic rings. The van der Waals surface area contributed by atoms with E-state index in [9.17, 15) is 0 Å². The molecule has 1 radical (unpaired) electrons. The van der Waals surface area contributed by atoms with E-state index in [1.54, 1.807) is 0 Å². The van der Waals surface area contributed by atoms with Gasteiger partial charge in [-0.05, 0) is 0 Å². The van der Waals surface area contributed by atoms with Crippen LogP contribution in [0.25, 0.3) is 0 Å². The van der Waals surface area contributed by atoms with Crippen LogP contribution in [-0.4, -0.2) is 6.29 Å². The van der Waals surface area contributed by atoms with Crippen molar-refractivity contribution in [1.29, 1.82) is 0 Å². The van der Waals surface area contributed by atoms with E-state index in [-0.39, 0.29) is 20.4 Å². The molecular formula is C2H3ORe-. The summed E-state index contributed by atoms with van der Waals surface area (Å²) in [5.74, 6) is 0. The molecule has 0 heterocycles. The Morgan fingerprint density at radius 2 is 1.75 bits per heavy atom. The van der Waals surface area contributed by atoms with Gasteiger partial charge < -0.3 is 4.79 Å². The Labute approximate surface area is 39.0 Å². The summed E-state index contributed by atoms with van der Waals surface area (Å²) in [7, 11) is 0. The molecule has 4 heavy (non-hydrogen) atoms. The molecule has 0 bridgehead atoms. The summed E-state index contributed by atoms with van der Waals surface area (Å²) in [6, 6.07) is 0. The molecule has 0 aromatic carbocycles. The molecular weight excluding hydrogens is 226 g/mol. The fourth-order valence-electron chi connectivity index (χ4n) is 0. The fourth-order valence-corrected chi connectivity index (χ4v) is 0. The summed E-state index contributed by atoms with van der Waals surface area (Å²) in [6.07, 6.45) is 1.50. The van der Waals surface area contributed by atoms with Crippen molar-refractivity contribution >= 4 is 6.29 Å². The van der Waals surface area contributed by atoms with Crippen LogP contribution in [0, 0.1) is 0 Å². The van der Waals surface area contributed by atoms with Crippen LogP contribution >= 0.6 is 0 Å². The molecule has 2 heteroatoms. The van der Waals surface area contributed by atoms with Crippen molar-refractivity contribution < 1.29 is 25.2 Å². The van der Waals surface area contributed by atoms with Gasteiger partial charge in [-0.15, -0.1) is 0 Å². The van der Waals surface area contributed by atoms with Crippen LogP contribution in [0.3, 0.4) is 0 Å². The van der Waals surface area contributed by atoms with Gasteiger partial charge >= 0.3 is 0 Å². The van der Waals surface area contributed by atoms with E-state index in [2.05, 4.69) is 0 Å². The molecule has 0 saturated carbocycles. The Morgan fingerprint density at radius 3 is 1.75 bits per heavy atom. The Balaban J connectivity index is 0. The Bertz CT molecular complexity index is 13.5. The quantitative estimate of drug-likeness (QED) is 0.539. The smallest absolute Gasteiger partial charge is 0 e. The van der Waals surface area contributed by atoms with Gasteiger partial charge in [0.2, 0.25) is 0 Å². The first-order valence-electron chi connectivity index (χ1n) is 0.704. The predicted molar refractivity (Wildman–Crippen MR) is 11.4 cm³/mol. The summed E-state index contributed by atoms with van der Waals surface area (Å²) in [5, 5.41) is 0. The van der Waals surface area contributed by atoms with Gasteiger partial charge in [0.1, 0.15) is 0 Å². The van der Waals surface area contributed by atoms with E-state index < -0.39 is 0 Å². The molecule has 0 unspecified atom stereocenters. The van der Waals surface area contributed by atoms with Crippen molar-refractivity contribution in [3.8, 4) is 0 Å². The second-order valence-corrected chi connectivity index (χ2v) is 0.204. The van der Waals surface area contributed by atoms with Crippen LogP contribution in [0.15, 0.2) is 0 Å². The minimum absolute atomic E-state index is 0. The maximum Gasteiger partial charge on any atom is 0 e. The zero-order chi connectivity index (χ0) is 2.71. The Kier molecular flexibility index (Phi) is 22.6. The monoisotopic (exact) mass is 230 g/mol. The SMILES string of the molecule is C[C-]=O.[Re]. The molecule has 0 fully saturated rings. The maximum absolute atomic E-state index is 8.68. The van der Waals surface area contributed by atoms with Crippen molar-refractivity contribution in [3.05, 3.63) is 0 Å². The van der Waals surface area contributed by atoms with Gasteiger partial charge in [0.05, 0.1) is 0 Å². The molecule has 0 aliphatic rings. The van der Waals surface area contributed by atoms with Gasteiger partial charge in [-0.25, -0.2) is 0 Å². The number of hydrogen-bond donors (Lipinski definition) is 0. The average molecular weight is 229 g/mol. The molecule has 0 aliphatic heterocycles. The molecule has 25 valence electrons. The summed E-state index contributed by atoms with van der Waals surface area (Å²) in [6.45, 7) is 1.32. The number of carbonyl (C=O) groups excluding carboxylic acids is 1. The van der Waals surface area contributed by atoms with Crippen molar-refractivity contribution in [3.63, 3.8) is 0 Å². The molecule has 0 aliphatic carbocycles. The third-order valence-electron chi connectivity index (χ3n) is 0. The normalized spacial score (nSPS) is 3.25. The molecule has 1 nitrogen and oxygen atoms in total. The van der Waals surface area contributed by atoms with Crippen molar-refractivity contribution in [2.75, 3.05) is 0 Å². The van der Waals surface area contributed by atoms with E-state index in [4.69, 9.17) is 4.79 Å². The first kappa shape index (κ1) is 8.84. The van der Waals surface area contributed by atoms with Gasteiger partial charge in [-0.1, -0.05) is 0 Å². The fraction of sp³-hybridized carbons (Fsp3) is 0.500. The minimum Gasteiger partial charge on any atom is -0.542 e. The van der Waals surface area contributed by atoms with Crippen LogP contribution in [0.2, 0.25) is 0 Å². The Hall–Kier alpha value is 0.332. The van der Waals surface area contributed by atoms with Crippen LogP contribution in [0.4, 0.5) is 0 Å². The van der Waals surface area contributed by atoms with Gasteiger partial charge in [0, 0.05) is 20.4 Å². The second-order valence-electron chi connectivity index (χ2n) is 0.204. The minimum atomic E-state index is 0. The van der Waals surface area contributed by atoms with Crippen LogP contribution < -0.4 is 0 Å². The van der Waals surface area contributed by atoms with E-state index in [1.807, 2.05) is 0 Å². The van der Waals surface area contributed by atoms with Crippen LogP contribution in [-0.2, 0) is 25.2 Å². The van der Waals surface area contributed by atoms with Gasteiger partial charge in [-0.3, -0.25) is 6.29 Å². The molecule has 0 atom stereocenters. The molecule has 0 rings (SSSR count). The van der Waals surface area contributed by atoms with Crippen molar-refractivity contribution in [1.82, 2.24) is 0 Å². The molecule has 0 saturated heterocycles. The summed E-state index contributed by atoms with van der Waals surface area (Å²) in [5.41, 5.74) is 0. The van der Waals surface area contributed by atoms with Gasteiger partial charge in [-0.2, -0.15) is 6.92 Å². The van der Waals surface area contributed by atoms with Crippen LogP contribution in [0.5, 0.6) is 0 Å².